The zero-order valence-corrected chi connectivity index (χ0v) is 15.6. The first-order valence-electron chi connectivity index (χ1n) is 8.05. The van der Waals surface area contributed by atoms with Gasteiger partial charge in [0, 0.05) is 35.9 Å². The van der Waals surface area contributed by atoms with Crippen LogP contribution in [-0.4, -0.2) is 41.8 Å². The molecule has 0 radical (unpaired) electrons. The molecule has 1 fully saturated rings. The van der Waals surface area contributed by atoms with E-state index in [1.807, 2.05) is 39.8 Å². The molecule has 0 aromatic heterocycles. The number of carbonyl (C=O) groups excluding carboxylic acids is 1. The van der Waals surface area contributed by atoms with Crippen LogP contribution in [0.4, 0.5) is 16.2 Å². The lowest BCUT2D eigenvalue weighted by Gasteiger charge is -2.45. The van der Waals surface area contributed by atoms with Gasteiger partial charge >= 0.3 is 6.09 Å². The zero-order chi connectivity index (χ0) is 18.1. The van der Waals surface area contributed by atoms with Gasteiger partial charge in [0.2, 0.25) is 5.69 Å². The number of ether oxygens (including phenoxy) is 1. The normalized spacial score (nSPS) is 21.4. The van der Waals surface area contributed by atoms with Crippen molar-refractivity contribution in [1.29, 1.82) is 0 Å². The van der Waals surface area contributed by atoms with Crippen molar-refractivity contribution in [2.45, 2.75) is 52.3 Å². The Bertz CT molecular complexity index is 663. The molecular weight excluding hydrogens is 326 g/mol. The second kappa shape index (κ2) is 6.90. The van der Waals surface area contributed by atoms with Gasteiger partial charge in [0.25, 0.3) is 0 Å². The minimum absolute atomic E-state index is 0.0235. The Labute approximate surface area is 149 Å². The monoisotopic (exact) mass is 349 g/mol. The topological polar surface area (TPSA) is 37.1 Å². The summed E-state index contributed by atoms with van der Waals surface area (Å²) >= 11 is 6.16. The number of rotatable bonds is 1. The van der Waals surface area contributed by atoms with E-state index in [2.05, 4.69) is 16.7 Å². The molecule has 1 amide bonds. The third kappa shape index (κ3) is 4.12. The molecule has 5 nitrogen and oxygen atoms in total. The van der Waals surface area contributed by atoms with Crippen molar-refractivity contribution in [3.63, 3.8) is 0 Å². The quantitative estimate of drug-likeness (QED) is 0.688. The molecule has 2 rings (SSSR count). The number of amides is 1. The standard InChI is InChI=1S/C18H24ClN3O2/c1-12-11-22(17(23)24-18(3,4)5)13(2)10-21(12)14-7-8-16(20-6)15(19)9-14/h7-9,12-13H,10-11H2,1-5H3/t12-,13+/m0/s1. The van der Waals surface area contributed by atoms with Gasteiger partial charge in [-0.1, -0.05) is 17.7 Å². The van der Waals surface area contributed by atoms with Gasteiger partial charge in [0.05, 0.1) is 6.57 Å². The van der Waals surface area contributed by atoms with E-state index in [4.69, 9.17) is 22.9 Å². The molecule has 1 heterocycles. The number of carbonyl (C=O) groups is 1. The summed E-state index contributed by atoms with van der Waals surface area (Å²) in [6.07, 6.45) is -0.275. The van der Waals surface area contributed by atoms with Crippen molar-refractivity contribution in [2.24, 2.45) is 0 Å². The van der Waals surface area contributed by atoms with Gasteiger partial charge in [0.15, 0.2) is 0 Å². The van der Waals surface area contributed by atoms with Crippen LogP contribution >= 0.6 is 11.6 Å². The molecule has 0 unspecified atom stereocenters. The number of halogens is 1. The first kappa shape index (κ1) is 18.4. The van der Waals surface area contributed by atoms with Crippen LogP contribution in [0.2, 0.25) is 5.02 Å². The summed E-state index contributed by atoms with van der Waals surface area (Å²) < 4.78 is 5.50. The molecule has 1 aromatic rings. The summed E-state index contributed by atoms with van der Waals surface area (Å²) in [5.74, 6) is 0. The van der Waals surface area contributed by atoms with Gasteiger partial charge in [0.1, 0.15) is 5.60 Å². The van der Waals surface area contributed by atoms with E-state index >= 15 is 0 Å². The van der Waals surface area contributed by atoms with Crippen LogP contribution < -0.4 is 4.90 Å². The maximum absolute atomic E-state index is 12.4. The molecule has 24 heavy (non-hydrogen) atoms. The molecule has 1 aliphatic heterocycles. The van der Waals surface area contributed by atoms with E-state index in [9.17, 15) is 4.79 Å². The summed E-state index contributed by atoms with van der Waals surface area (Å²) in [6, 6.07) is 5.62. The van der Waals surface area contributed by atoms with Gasteiger partial charge in [-0.25, -0.2) is 9.64 Å². The number of anilines is 1. The zero-order valence-electron chi connectivity index (χ0n) is 14.8. The lowest BCUT2D eigenvalue weighted by atomic mass is 10.1. The molecule has 1 aromatic carbocycles. The second-order valence-electron chi connectivity index (χ2n) is 7.23. The van der Waals surface area contributed by atoms with Crippen LogP contribution in [-0.2, 0) is 4.74 Å². The Morgan fingerprint density at radius 3 is 2.50 bits per heavy atom. The van der Waals surface area contributed by atoms with E-state index < -0.39 is 5.60 Å². The number of nitrogens with zero attached hydrogens (tertiary/aromatic N) is 3. The van der Waals surface area contributed by atoms with Crippen molar-refractivity contribution in [1.82, 2.24) is 4.90 Å². The van der Waals surface area contributed by atoms with Crippen molar-refractivity contribution < 1.29 is 9.53 Å². The van der Waals surface area contributed by atoms with Crippen LogP contribution in [0.1, 0.15) is 34.6 Å². The van der Waals surface area contributed by atoms with Gasteiger partial charge in [-0.2, -0.15) is 0 Å². The summed E-state index contributed by atoms with van der Waals surface area (Å²) in [5.41, 5.74) is 0.921. The van der Waals surface area contributed by atoms with Crippen molar-refractivity contribution in [2.75, 3.05) is 18.0 Å². The second-order valence-corrected chi connectivity index (χ2v) is 7.64. The lowest BCUT2D eigenvalue weighted by molar-refractivity contribution is 0.0130. The number of hydrogen-bond donors (Lipinski definition) is 0. The third-order valence-electron chi connectivity index (χ3n) is 4.00. The fourth-order valence-electron chi connectivity index (χ4n) is 2.83. The maximum Gasteiger partial charge on any atom is 0.410 e. The van der Waals surface area contributed by atoms with Crippen LogP contribution in [0.25, 0.3) is 4.85 Å². The highest BCUT2D eigenvalue weighted by Gasteiger charge is 2.34. The van der Waals surface area contributed by atoms with E-state index in [1.165, 1.54) is 0 Å². The van der Waals surface area contributed by atoms with E-state index in [0.717, 1.165) is 5.69 Å². The van der Waals surface area contributed by atoms with Gasteiger partial charge in [-0.3, -0.25) is 0 Å². The highest BCUT2D eigenvalue weighted by Crippen LogP contribution is 2.32. The largest absolute Gasteiger partial charge is 0.444 e. The van der Waals surface area contributed by atoms with Crippen LogP contribution in [0.3, 0.4) is 0 Å². The Kier molecular flexibility index (Phi) is 5.29. The molecule has 0 saturated carbocycles. The molecule has 0 bridgehead atoms. The molecule has 1 aliphatic rings. The van der Waals surface area contributed by atoms with Crippen molar-refractivity contribution >= 4 is 29.1 Å². The highest BCUT2D eigenvalue weighted by atomic mass is 35.5. The average molecular weight is 350 g/mol. The molecule has 130 valence electrons. The molecule has 0 spiro atoms. The smallest absolute Gasteiger partial charge is 0.410 e. The number of piperazine rings is 1. The van der Waals surface area contributed by atoms with Gasteiger partial charge in [-0.15, -0.1) is 0 Å². The first-order valence-corrected chi connectivity index (χ1v) is 8.43. The van der Waals surface area contributed by atoms with E-state index in [1.54, 1.807) is 11.0 Å². The molecule has 0 aliphatic carbocycles. The molecule has 2 atom stereocenters. The summed E-state index contributed by atoms with van der Waals surface area (Å²) in [7, 11) is 0. The van der Waals surface area contributed by atoms with E-state index in [-0.39, 0.29) is 18.2 Å². The summed E-state index contributed by atoms with van der Waals surface area (Å²) in [6.45, 7) is 18.1. The molecule has 1 saturated heterocycles. The van der Waals surface area contributed by atoms with Gasteiger partial charge < -0.3 is 14.5 Å². The average Bonchev–Trinajstić information content (AvgIpc) is 2.47. The van der Waals surface area contributed by atoms with Crippen LogP contribution in [0.15, 0.2) is 18.2 Å². The predicted octanol–water partition coefficient (Wildman–Crippen LogP) is 4.72. The number of benzene rings is 1. The lowest BCUT2D eigenvalue weighted by Crippen LogP contribution is -2.59. The van der Waals surface area contributed by atoms with Crippen molar-refractivity contribution in [3.8, 4) is 0 Å². The molecule has 6 heteroatoms. The minimum atomic E-state index is -0.500. The van der Waals surface area contributed by atoms with Crippen LogP contribution in [0.5, 0.6) is 0 Å². The highest BCUT2D eigenvalue weighted by molar-refractivity contribution is 6.33. The van der Waals surface area contributed by atoms with Crippen LogP contribution in [0, 0.1) is 6.57 Å². The Hall–Kier alpha value is -1.93. The fraction of sp³-hybridized carbons (Fsp3) is 0.556. The fourth-order valence-corrected chi connectivity index (χ4v) is 3.04. The Morgan fingerprint density at radius 2 is 1.96 bits per heavy atom. The van der Waals surface area contributed by atoms with Crippen molar-refractivity contribution in [3.05, 3.63) is 34.6 Å². The Balaban J connectivity index is 2.15. The SMILES string of the molecule is [C-]#[N+]c1ccc(N2C[C@@H](C)N(C(=O)OC(C)(C)C)C[C@@H]2C)cc1Cl. The predicted molar refractivity (Wildman–Crippen MR) is 96.9 cm³/mol. The van der Waals surface area contributed by atoms with E-state index in [0.29, 0.717) is 23.8 Å². The maximum atomic E-state index is 12.4. The number of hydrogen-bond acceptors (Lipinski definition) is 3. The summed E-state index contributed by atoms with van der Waals surface area (Å²) in [4.78, 5) is 19.8. The first-order chi connectivity index (χ1) is 11.1. The molecular formula is C18H24ClN3O2. The Morgan fingerprint density at radius 1 is 1.29 bits per heavy atom. The van der Waals surface area contributed by atoms with Gasteiger partial charge in [-0.05, 0) is 46.8 Å². The molecule has 0 N–H and O–H groups in total. The summed E-state index contributed by atoms with van der Waals surface area (Å²) in [5, 5.41) is 0.455. The minimum Gasteiger partial charge on any atom is -0.444 e. The third-order valence-corrected chi connectivity index (χ3v) is 4.30.